The molecule has 2 aliphatic rings. The lowest BCUT2D eigenvalue weighted by molar-refractivity contribution is -0.122. The summed E-state index contributed by atoms with van der Waals surface area (Å²) < 4.78 is 15.4. The van der Waals surface area contributed by atoms with Crippen LogP contribution in [0.2, 0.25) is 0 Å². The van der Waals surface area contributed by atoms with Gasteiger partial charge in [0.1, 0.15) is 17.6 Å². The van der Waals surface area contributed by atoms with Gasteiger partial charge in [-0.25, -0.2) is 9.29 Å². The number of amides is 3. The van der Waals surface area contributed by atoms with E-state index in [0.29, 0.717) is 21.3 Å². The van der Waals surface area contributed by atoms with Crippen LogP contribution in [-0.4, -0.2) is 27.5 Å². The smallest absolute Gasteiger partial charge is 0.308 e. The number of halogens is 2. The van der Waals surface area contributed by atoms with E-state index in [4.69, 9.17) is 0 Å². The first kappa shape index (κ1) is 25.7. The van der Waals surface area contributed by atoms with Crippen LogP contribution in [0.25, 0.3) is 0 Å². The zero-order valence-electron chi connectivity index (χ0n) is 20.0. The second kappa shape index (κ2) is 10.2. The summed E-state index contributed by atoms with van der Waals surface area (Å²) in [6, 6.07) is 21.6. The van der Waals surface area contributed by atoms with Gasteiger partial charge in [-0.2, -0.15) is 0 Å². The van der Waals surface area contributed by atoms with Gasteiger partial charge in [0.2, 0.25) is 17.7 Å². The minimum Gasteiger partial charge on any atom is -0.325 e. The molecule has 0 saturated carbocycles. The minimum absolute atomic E-state index is 0.285. The SMILES string of the molecule is O=C(Cn1c2c(sc1=O)[C@@H](c1ccccc1)C1C(=O)N(c3ccc(Br)cc3)C(=O)C1S2)Nc1ccc(F)cc1. The summed E-state index contributed by atoms with van der Waals surface area (Å²) in [6.07, 6.45) is 0. The van der Waals surface area contributed by atoms with E-state index >= 15 is 0 Å². The average Bonchev–Trinajstić information content (AvgIpc) is 3.37. The number of thiazole rings is 1. The van der Waals surface area contributed by atoms with E-state index in [1.807, 2.05) is 30.3 Å². The van der Waals surface area contributed by atoms with E-state index in [2.05, 4.69) is 21.2 Å². The maximum Gasteiger partial charge on any atom is 0.308 e. The van der Waals surface area contributed by atoms with Gasteiger partial charge < -0.3 is 5.32 Å². The first-order chi connectivity index (χ1) is 18.8. The van der Waals surface area contributed by atoms with Crippen molar-refractivity contribution in [1.29, 1.82) is 0 Å². The van der Waals surface area contributed by atoms with E-state index in [1.54, 1.807) is 24.3 Å². The predicted molar refractivity (Wildman–Crippen MR) is 152 cm³/mol. The molecule has 2 unspecified atom stereocenters. The van der Waals surface area contributed by atoms with Crippen molar-refractivity contribution in [2.75, 3.05) is 10.2 Å². The van der Waals surface area contributed by atoms with Crippen molar-refractivity contribution in [3.05, 3.63) is 109 Å². The molecule has 3 heterocycles. The molecular weight excluding hydrogens is 605 g/mol. The highest BCUT2D eigenvalue weighted by molar-refractivity contribution is 9.10. The van der Waals surface area contributed by atoms with Gasteiger partial charge in [0.15, 0.2) is 0 Å². The fraction of sp³-hybridized carbons (Fsp3) is 0.143. The number of aromatic nitrogens is 1. The lowest BCUT2D eigenvalue weighted by atomic mass is 9.83. The van der Waals surface area contributed by atoms with E-state index in [-0.39, 0.29) is 23.2 Å². The van der Waals surface area contributed by atoms with Gasteiger partial charge in [0.25, 0.3) is 0 Å². The summed E-state index contributed by atoms with van der Waals surface area (Å²) in [6.45, 7) is -0.285. The van der Waals surface area contributed by atoms with E-state index in [0.717, 1.165) is 33.1 Å². The number of nitrogens with one attached hydrogen (secondary N) is 1. The lowest BCUT2D eigenvalue weighted by Gasteiger charge is -2.30. The Morgan fingerprint density at radius 2 is 1.62 bits per heavy atom. The number of benzene rings is 3. The highest BCUT2D eigenvalue weighted by Gasteiger charge is 2.56. The second-order valence-corrected chi connectivity index (χ2v) is 12.2. The highest BCUT2D eigenvalue weighted by Crippen LogP contribution is 2.53. The van der Waals surface area contributed by atoms with Crippen molar-refractivity contribution in [3.8, 4) is 0 Å². The molecule has 0 bridgehead atoms. The molecule has 1 aromatic heterocycles. The molecule has 0 spiro atoms. The summed E-state index contributed by atoms with van der Waals surface area (Å²) >= 11 is 5.53. The van der Waals surface area contributed by atoms with Gasteiger partial charge in [-0.15, -0.1) is 0 Å². The number of thioether (sulfide) groups is 1. The maximum atomic E-state index is 13.8. The van der Waals surface area contributed by atoms with Crippen molar-refractivity contribution in [2.24, 2.45) is 5.92 Å². The zero-order chi connectivity index (χ0) is 27.3. The molecule has 1 saturated heterocycles. The van der Waals surface area contributed by atoms with Crippen LogP contribution < -0.4 is 15.1 Å². The number of rotatable bonds is 5. The lowest BCUT2D eigenvalue weighted by Crippen LogP contribution is -2.33. The van der Waals surface area contributed by atoms with Gasteiger partial charge in [0, 0.05) is 21.0 Å². The number of imide groups is 1. The summed E-state index contributed by atoms with van der Waals surface area (Å²) in [5.41, 5.74) is 1.70. The van der Waals surface area contributed by atoms with Crippen LogP contribution in [0.4, 0.5) is 15.8 Å². The third kappa shape index (κ3) is 4.64. The van der Waals surface area contributed by atoms with Crippen molar-refractivity contribution < 1.29 is 18.8 Å². The number of nitrogens with zero attached hydrogens (tertiary/aromatic N) is 2. The Hall–Kier alpha value is -3.54. The van der Waals surface area contributed by atoms with Crippen LogP contribution >= 0.6 is 39.0 Å². The van der Waals surface area contributed by atoms with Crippen LogP contribution in [0, 0.1) is 11.7 Å². The van der Waals surface area contributed by atoms with Crippen molar-refractivity contribution >= 4 is 68.1 Å². The minimum atomic E-state index is -0.765. The monoisotopic (exact) mass is 623 g/mol. The molecule has 196 valence electrons. The summed E-state index contributed by atoms with van der Waals surface area (Å²) in [7, 11) is 0. The third-order valence-corrected chi connectivity index (χ3v) is 9.85. The van der Waals surface area contributed by atoms with Crippen LogP contribution in [-0.2, 0) is 20.9 Å². The van der Waals surface area contributed by atoms with Gasteiger partial charge >= 0.3 is 4.87 Å². The number of carbonyl (C=O) groups excluding carboxylic acids is 3. The number of anilines is 2. The molecule has 7 nitrogen and oxygen atoms in total. The zero-order valence-corrected chi connectivity index (χ0v) is 23.3. The van der Waals surface area contributed by atoms with Crippen LogP contribution in [0.15, 0.2) is 93.2 Å². The molecule has 6 rings (SSSR count). The molecule has 11 heteroatoms. The van der Waals surface area contributed by atoms with Crippen LogP contribution in [0.5, 0.6) is 0 Å². The Bertz CT molecular complexity index is 1660. The molecule has 4 aromatic rings. The molecule has 3 amide bonds. The van der Waals surface area contributed by atoms with Crippen molar-refractivity contribution in [1.82, 2.24) is 4.57 Å². The molecule has 2 aliphatic heterocycles. The number of hydrogen-bond acceptors (Lipinski definition) is 6. The topological polar surface area (TPSA) is 88.5 Å². The maximum absolute atomic E-state index is 13.8. The summed E-state index contributed by atoms with van der Waals surface area (Å²) in [5, 5.41) is 2.42. The van der Waals surface area contributed by atoms with E-state index in [1.165, 1.54) is 33.7 Å². The largest absolute Gasteiger partial charge is 0.325 e. The molecule has 3 aromatic carbocycles. The molecule has 39 heavy (non-hydrogen) atoms. The fourth-order valence-electron chi connectivity index (χ4n) is 5.00. The quantitative estimate of drug-likeness (QED) is 0.307. The molecule has 1 fully saturated rings. The average molecular weight is 625 g/mol. The van der Waals surface area contributed by atoms with Gasteiger partial charge in [0.05, 0.1) is 16.6 Å². The Kier molecular flexibility index (Phi) is 6.74. The number of hydrogen-bond donors (Lipinski definition) is 1. The third-order valence-electron chi connectivity index (χ3n) is 6.72. The first-order valence-electron chi connectivity index (χ1n) is 12.0. The van der Waals surface area contributed by atoms with E-state index < -0.39 is 28.8 Å². The molecule has 0 aliphatic carbocycles. The Morgan fingerprint density at radius 3 is 2.31 bits per heavy atom. The fourth-order valence-corrected chi connectivity index (χ4v) is 8.03. The first-order valence-corrected chi connectivity index (χ1v) is 14.4. The van der Waals surface area contributed by atoms with Gasteiger partial charge in [-0.1, -0.05) is 69.4 Å². The number of carbonyl (C=O) groups is 3. The molecule has 1 N–H and O–H groups in total. The normalized spacial score (nSPS) is 20.1. The second-order valence-electron chi connectivity index (χ2n) is 9.12. The standard InChI is InChI=1S/C28H19BrFN3O4S2/c29-16-6-12-19(13-7-16)33-25(35)22-21(15-4-2-1-3-5-15)24-27(38-23(22)26(33)36)32(28(37)39-24)14-20(34)31-18-10-8-17(30)9-11-18/h1-13,21-23H,14H2,(H,31,34)/t21-,22?,23?/m0/s1. The van der Waals surface area contributed by atoms with E-state index in [9.17, 15) is 23.6 Å². The Morgan fingerprint density at radius 1 is 0.923 bits per heavy atom. The molecule has 3 atom stereocenters. The summed E-state index contributed by atoms with van der Waals surface area (Å²) in [4.78, 5) is 55.1. The predicted octanol–water partition coefficient (Wildman–Crippen LogP) is 5.25. The van der Waals surface area contributed by atoms with Crippen molar-refractivity contribution in [3.63, 3.8) is 0 Å². The molecule has 0 radical (unpaired) electrons. The van der Waals surface area contributed by atoms with Crippen LogP contribution in [0.1, 0.15) is 16.4 Å². The highest BCUT2D eigenvalue weighted by atomic mass is 79.9. The van der Waals surface area contributed by atoms with Gasteiger partial charge in [-0.3, -0.25) is 23.7 Å². The van der Waals surface area contributed by atoms with Crippen molar-refractivity contribution in [2.45, 2.75) is 22.7 Å². The number of fused-ring (bicyclic) bond motifs is 2. The van der Waals surface area contributed by atoms with Crippen LogP contribution in [0.3, 0.4) is 0 Å². The Balaban J connectivity index is 1.39. The summed E-state index contributed by atoms with van der Waals surface area (Å²) in [5.74, 6) is -2.80. The van der Waals surface area contributed by atoms with Gasteiger partial charge in [-0.05, 0) is 54.1 Å². The Labute approximate surface area is 238 Å². The molecular formula is C28H19BrFN3O4S2.